The number of hydrogen-bond donors (Lipinski definition) is 1. The molecule has 1 heterocycles. The first-order valence-corrected chi connectivity index (χ1v) is 15.1. The van der Waals surface area contributed by atoms with E-state index in [-0.39, 0.29) is 0 Å². The van der Waals surface area contributed by atoms with Crippen LogP contribution in [0.5, 0.6) is 0 Å². The second kappa shape index (κ2) is 3.61. The molecule has 0 saturated heterocycles. The summed E-state index contributed by atoms with van der Waals surface area (Å²) < 4.78 is 1.61. The van der Waals surface area contributed by atoms with E-state index in [2.05, 4.69) is 50.6 Å². The van der Waals surface area contributed by atoms with Gasteiger partial charge >= 0.3 is 90.2 Å². The average Bonchev–Trinajstić information content (AvgIpc) is 2.15. The van der Waals surface area contributed by atoms with Crippen LogP contribution in [0.15, 0.2) is 30.5 Å². The molecule has 1 aromatic rings. The van der Waals surface area contributed by atoms with E-state index in [1.54, 1.807) is 3.59 Å². The maximum atomic E-state index is 3.39. The summed E-state index contributed by atoms with van der Waals surface area (Å²) in [6, 6.07) is 8.77. The molecule has 0 fully saturated rings. The summed E-state index contributed by atoms with van der Waals surface area (Å²) in [6.45, 7) is 0.988. The molecular weight excluding hydrogens is 277 g/mol. The second-order valence-corrected chi connectivity index (χ2v) is 19.2. The van der Waals surface area contributed by atoms with Crippen LogP contribution < -0.4 is 5.32 Å². The zero-order valence-corrected chi connectivity index (χ0v) is 11.9. The van der Waals surface area contributed by atoms with E-state index in [9.17, 15) is 0 Å². The van der Waals surface area contributed by atoms with Crippen molar-refractivity contribution in [3.63, 3.8) is 0 Å². The summed E-state index contributed by atoms with van der Waals surface area (Å²) in [4.78, 5) is 7.39. The van der Waals surface area contributed by atoms with Gasteiger partial charge in [0.2, 0.25) is 0 Å². The SMILES string of the molecule is [CH3][Sn]([CH3])([CH3])[C]1=CNCc2ccccc21. The molecule has 0 spiro atoms. The first-order valence-electron chi connectivity index (χ1n) is 5.11. The first kappa shape index (κ1) is 10.1. The van der Waals surface area contributed by atoms with Crippen molar-refractivity contribution in [3.05, 3.63) is 41.6 Å². The molecule has 14 heavy (non-hydrogen) atoms. The van der Waals surface area contributed by atoms with Crippen LogP contribution in [0.25, 0.3) is 3.59 Å². The average molecular weight is 294 g/mol. The van der Waals surface area contributed by atoms with E-state index in [4.69, 9.17) is 0 Å². The predicted molar refractivity (Wildman–Crippen MR) is 64.6 cm³/mol. The van der Waals surface area contributed by atoms with E-state index in [0.29, 0.717) is 0 Å². The van der Waals surface area contributed by atoms with E-state index >= 15 is 0 Å². The van der Waals surface area contributed by atoms with Crippen molar-refractivity contribution < 1.29 is 0 Å². The molecule has 0 amide bonds. The second-order valence-electron chi connectivity index (χ2n) is 4.85. The summed E-state index contributed by atoms with van der Waals surface area (Å²) in [7, 11) is 0. The number of rotatable bonds is 1. The number of fused-ring (bicyclic) bond motifs is 1. The standard InChI is InChI=1S/C9H8N.3CH3.Sn/c1-2-4-9-7-10-6-5-8(9)3-1;;;;/h1-4,6,10H,7H2;3*1H3;. The third kappa shape index (κ3) is 1.83. The fourth-order valence-electron chi connectivity index (χ4n) is 1.90. The van der Waals surface area contributed by atoms with Gasteiger partial charge < -0.3 is 0 Å². The van der Waals surface area contributed by atoms with Crippen LogP contribution in [-0.2, 0) is 6.54 Å². The molecule has 1 aromatic carbocycles. The van der Waals surface area contributed by atoms with Gasteiger partial charge in [0.05, 0.1) is 0 Å². The molecule has 1 N–H and O–H groups in total. The first-order chi connectivity index (χ1) is 6.59. The molecule has 0 aromatic heterocycles. The van der Waals surface area contributed by atoms with Gasteiger partial charge in [-0.25, -0.2) is 0 Å². The van der Waals surface area contributed by atoms with Crippen molar-refractivity contribution in [1.82, 2.24) is 5.32 Å². The van der Waals surface area contributed by atoms with Crippen LogP contribution in [0.1, 0.15) is 11.1 Å². The normalized spacial score (nSPS) is 15.5. The fourth-order valence-corrected chi connectivity index (χ4v) is 6.43. The summed E-state index contributed by atoms with van der Waals surface area (Å²) in [5.74, 6) is 0. The molecule has 1 nitrogen and oxygen atoms in total. The summed E-state index contributed by atoms with van der Waals surface area (Å²) in [5.41, 5.74) is 2.95. The van der Waals surface area contributed by atoms with Crippen LogP contribution in [0.2, 0.25) is 14.8 Å². The van der Waals surface area contributed by atoms with Gasteiger partial charge in [-0.05, 0) is 0 Å². The van der Waals surface area contributed by atoms with Gasteiger partial charge in [-0.2, -0.15) is 0 Å². The van der Waals surface area contributed by atoms with Gasteiger partial charge in [-0.1, -0.05) is 0 Å². The van der Waals surface area contributed by atoms with Gasteiger partial charge in [0.1, 0.15) is 0 Å². The van der Waals surface area contributed by atoms with Gasteiger partial charge in [0, 0.05) is 0 Å². The van der Waals surface area contributed by atoms with Crippen molar-refractivity contribution in [3.8, 4) is 0 Å². The van der Waals surface area contributed by atoms with Crippen LogP contribution >= 0.6 is 0 Å². The van der Waals surface area contributed by atoms with Crippen LogP contribution in [0, 0.1) is 0 Å². The molecule has 0 saturated carbocycles. The third-order valence-corrected chi connectivity index (χ3v) is 8.45. The Balaban J connectivity index is 2.51. The zero-order valence-electron chi connectivity index (χ0n) is 9.09. The molecule has 0 aliphatic carbocycles. The number of hydrogen-bond acceptors (Lipinski definition) is 1. The third-order valence-electron chi connectivity index (χ3n) is 2.65. The van der Waals surface area contributed by atoms with Crippen molar-refractivity contribution in [2.45, 2.75) is 21.4 Å². The topological polar surface area (TPSA) is 12.0 Å². The Morgan fingerprint density at radius 1 is 1.14 bits per heavy atom. The molecule has 2 heteroatoms. The summed E-state index contributed by atoms with van der Waals surface area (Å²) >= 11 is -1.94. The van der Waals surface area contributed by atoms with Crippen LogP contribution in [-0.4, -0.2) is 18.4 Å². The molecule has 2 rings (SSSR count). The van der Waals surface area contributed by atoms with Crippen molar-refractivity contribution >= 4 is 22.0 Å². The van der Waals surface area contributed by atoms with Gasteiger partial charge in [-0.15, -0.1) is 0 Å². The van der Waals surface area contributed by atoms with Crippen LogP contribution in [0.3, 0.4) is 0 Å². The maximum absolute atomic E-state index is 3.39. The molecule has 0 bridgehead atoms. The van der Waals surface area contributed by atoms with E-state index in [0.717, 1.165) is 6.54 Å². The van der Waals surface area contributed by atoms with Crippen molar-refractivity contribution in [1.29, 1.82) is 0 Å². The molecule has 74 valence electrons. The Bertz CT molecular complexity index is 374. The molecule has 0 radical (unpaired) electrons. The minimum absolute atomic E-state index is 0.988. The predicted octanol–water partition coefficient (Wildman–Crippen LogP) is 3.01. The number of benzene rings is 1. The minimum atomic E-state index is -1.94. The van der Waals surface area contributed by atoms with Crippen molar-refractivity contribution in [2.24, 2.45) is 0 Å². The Labute approximate surface area is 90.1 Å². The van der Waals surface area contributed by atoms with Crippen molar-refractivity contribution in [2.75, 3.05) is 0 Å². The van der Waals surface area contributed by atoms with Gasteiger partial charge in [0.15, 0.2) is 0 Å². The summed E-state index contributed by atoms with van der Waals surface area (Å²) in [6.07, 6.45) is 2.25. The molecule has 0 unspecified atom stereocenters. The Morgan fingerprint density at radius 3 is 2.57 bits per heavy atom. The molecule has 1 aliphatic rings. The van der Waals surface area contributed by atoms with Crippen LogP contribution in [0.4, 0.5) is 0 Å². The van der Waals surface area contributed by atoms with E-state index in [1.807, 2.05) is 0 Å². The molecule has 0 atom stereocenters. The Morgan fingerprint density at radius 2 is 1.86 bits per heavy atom. The molecule has 1 aliphatic heterocycles. The van der Waals surface area contributed by atoms with E-state index in [1.165, 1.54) is 11.1 Å². The Hall–Kier alpha value is -0.441. The van der Waals surface area contributed by atoms with E-state index < -0.39 is 18.4 Å². The van der Waals surface area contributed by atoms with Gasteiger partial charge in [0.25, 0.3) is 0 Å². The Kier molecular flexibility index (Phi) is 2.60. The zero-order chi connectivity index (χ0) is 10.2. The molecular formula is C12H17NSn. The van der Waals surface area contributed by atoms with Gasteiger partial charge in [-0.3, -0.25) is 0 Å². The number of nitrogens with one attached hydrogen (secondary N) is 1. The quantitative estimate of drug-likeness (QED) is 0.785. The summed E-state index contributed by atoms with van der Waals surface area (Å²) in [5, 5.41) is 3.39. The fraction of sp³-hybridized carbons (Fsp3) is 0.333. The monoisotopic (exact) mass is 295 g/mol.